The molecule has 0 fully saturated rings. The number of phenolic OH excluding ortho intramolecular Hbond substituents is 1. The summed E-state index contributed by atoms with van der Waals surface area (Å²) in [6.45, 7) is 4.59. The Morgan fingerprint density at radius 1 is 0.909 bits per heavy atom. The third-order valence-electron chi connectivity index (χ3n) is 3.08. The van der Waals surface area contributed by atoms with E-state index in [0.717, 1.165) is 13.0 Å². The Morgan fingerprint density at radius 3 is 2.23 bits per heavy atom. The molecular weight excluding hydrogens is 284 g/mol. The molecule has 0 aliphatic rings. The fourth-order valence-corrected chi connectivity index (χ4v) is 1.83. The SMILES string of the molecule is CCCCCCOCCOCCOC(=O)c1ccc(O)cc1. The maximum Gasteiger partial charge on any atom is 0.338 e. The van der Waals surface area contributed by atoms with Crippen molar-refractivity contribution in [2.75, 3.05) is 33.0 Å². The minimum Gasteiger partial charge on any atom is -0.508 e. The Balaban J connectivity index is 1.93. The van der Waals surface area contributed by atoms with Gasteiger partial charge < -0.3 is 19.3 Å². The maximum absolute atomic E-state index is 11.6. The van der Waals surface area contributed by atoms with Crippen LogP contribution in [-0.2, 0) is 14.2 Å². The second-order valence-electron chi connectivity index (χ2n) is 4.97. The number of carbonyl (C=O) groups excluding carboxylic acids is 1. The van der Waals surface area contributed by atoms with Crippen molar-refractivity contribution in [1.29, 1.82) is 0 Å². The average Bonchev–Trinajstić information content (AvgIpc) is 2.53. The number of rotatable bonds is 12. The van der Waals surface area contributed by atoms with E-state index in [1.165, 1.54) is 43.5 Å². The van der Waals surface area contributed by atoms with Gasteiger partial charge in [0.05, 0.1) is 25.4 Å². The van der Waals surface area contributed by atoms with Crippen LogP contribution in [0.3, 0.4) is 0 Å². The molecule has 0 aliphatic carbocycles. The lowest BCUT2D eigenvalue weighted by Gasteiger charge is -2.07. The number of phenols is 1. The lowest BCUT2D eigenvalue weighted by molar-refractivity contribution is 0.0142. The van der Waals surface area contributed by atoms with E-state index in [-0.39, 0.29) is 12.4 Å². The highest BCUT2D eigenvalue weighted by atomic mass is 16.6. The van der Waals surface area contributed by atoms with Crippen LogP contribution in [0.1, 0.15) is 43.0 Å². The van der Waals surface area contributed by atoms with Crippen LogP contribution in [0.5, 0.6) is 5.75 Å². The van der Waals surface area contributed by atoms with Gasteiger partial charge in [0.15, 0.2) is 0 Å². The van der Waals surface area contributed by atoms with Gasteiger partial charge in [-0.3, -0.25) is 0 Å². The van der Waals surface area contributed by atoms with Crippen LogP contribution < -0.4 is 0 Å². The maximum atomic E-state index is 11.6. The van der Waals surface area contributed by atoms with Gasteiger partial charge in [-0.05, 0) is 30.7 Å². The third kappa shape index (κ3) is 8.64. The van der Waals surface area contributed by atoms with Crippen molar-refractivity contribution in [2.45, 2.75) is 32.6 Å². The van der Waals surface area contributed by atoms with E-state index in [2.05, 4.69) is 6.92 Å². The summed E-state index contributed by atoms with van der Waals surface area (Å²) in [6.07, 6.45) is 4.79. The highest BCUT2D eigenvalue weighted by Gasteiger charge is 2.06. The molecule has 124 valence electrons. The Bertz CT molecular complexity index is 402. The third-order valence-corrected chi connectivity index (χ3v) is 3.08. The van der Waals surface area contributed by atoms with Crippen LogP contribution >= 0.6 is 0 Å². The first kappa shape index (κ1) is 18.5. The van der Waals surface area contributed by atoms with Crippen LogP contribution in [0.15, 0.2) is 24.3 Å². The molecule has 0 saturated heterocycles. The number of esters is 1. The first-order chi connectivity index (χ1) is 10.7. The lowest BCUT2D eigenvalue weighted by atomic mass is 10.2. The fourth-order valence-electron chi connectivity index (χ4n) is 1.83. The summed E-state index contributed by atoms with van der Waals surface area (Å²) in [5.74, 6) is -0.301. The van der Waals surface area contributed by atoms with Gasteiger partial charge in [0.1, 0.15) is 12.4 Å². The van der Waals surface area contributed by atoms with Crippen LogP contribution in [0, 0.1) is 0 Å². The standard InChI is InChI=1S/C17H26O5/c1-2-3-4-5-10-20-11-12-21-13-14-22-17(19)15-6-8-16(18)9-7-15/h6-9,18H,2-5,10-14H2,1H3. The molecule has 22 heavy (non-hydrogen) atoms. The molecule has 5 nitrogen and oxygen atoms in total. The molecule has 0 aromatic heterocycles. The summed E-state index contributed by atoms with van der Waals surface area (Å²) in [4.78, 5) is 11.6. The number of hydrogen-bond donors (Lipinski definition) is 1. The van der Waals surface area contributed by atoms with Crippen molar-refractivity contribution < 1.29 is 24.1 Å². The van der Waals surface area contributed by atoms with Gasteiger partial charge in [-0.1, -0.05) is 26.2 Å². The number of hydrogen-bond acceptors (Lipinski definition) is 5. The summed E-state index contributed by atoms with van der Waals surface area (Å²) in [7, 11) is 0. The number of unbranched alkanes of at least 4 members (excludes halogenated alkanes) is 3. The lowest BCUT2D eigenvalue weighted by Crippen LogP contribution is -2.13. The molecule has 0 saturated carbocycles. The molecule has 0 unspecified atom stereocenters. The minimum atomic E-state index is -0.421. The molecule has 0 aliphatic heterocycles. The van der Waals surface area contributed by atoms with E-state index >= 15 is 0 Å². The Labute approximate surface area is 132 Å². The van der Waals surface area contributed by atoms with Gasteiger partial charge in [-0.15, -0.1) is 0 Å². The largest absolute Gasteiger partial charge is 0.508 e. The van der Waals surface area contributed by atoms with Crippen LogP contribution in [0.25, 0.3) is 0 Å². The monoisotopic (exact) mass is 310 g/mol. The van der Waals surface area contributed by atoms with Gasteiger partial charge >= 0.3 is 5.97 Å². The molecule has 5 heteroatoms. The predicted octanol–water partition coefficient (Wildman–Crippen LogP) is 3.16. The highest BCUT2D eigenvalue weighted by molar-refractivity contribution is 5.89. The number of benzene rings is 1. The zero-order chi connectivity index (χ0) is 16.0. The van der Waals surface area contributed by atoms with Gasteiger partial charge in [0.25, 0.3) is 0 Å². The molecule has 1 aromatic rings. The van der Waals surface area contributed by atoms with Crippen molar-refractivity contribution in [3.05, 3.63) is 29.8 Å². The molecule has 0 spiro atoms. The van der Waals surface area contributed by atoms with E-state index in [1.807, 2.05) is 0 Å². The van der Waals surface area contributed by atoms with Crippen molar-refractivity contribution in [1.82, 2.24) is 0 Å². The van der Waals surface area contributed by atoms with Crippen LogP contribution in [0.4, 0.5) is 0 Å². The molecule has 1 rings (SSSR count). The molecule has 0 atom stereocenters. The summed E-state index contributed by atoms with van der Waals surface area (Å²) >= 11 is 0. The van der Waals surface area contributed by atoms with Crippen molar-refractivity contribution in [3.8, 4) is 5.75 Å². The topological polar surface area (TPSA) is 65.0 Å². The van der Waals surface area contributed by atoms with Crippen molar-refractivity contribution in [2.24, 2.45) is 0 Å². The second-order valence-corrected chi connectivity index (χ2v) is 4.97. The number of ether oxygens (including phenoxy) is 3. The summed E-state index contributed by atoms with van der Waals surface area (Å²) in [5.41, 5.74) is 0.410. The van der Waals surface area contributed by atoms with Crippen molar-refractivity contribution in [3.63, 3.8) is 0 Å². The summed E-state index contributed by atoms with van der Waals surface area (Å²) in [5, 5.41) is 9.13. The predicted molar refractivity (Wildman–Crippen MR) is 84.2 cm³/mol. The number of carbonyl (C=O) groups is 1. The second kappa shape index (κ2) is 12.0. The molecule has 0 amide bonds. The van der Waals surface area contributed by atoms with Gasteiger partial charge in [-0.25, -0.2) is 4.79 Å². The van der Waals surface area contributed by atoms with E-state index in [1.54, 1.807) is 0 Å². The molecule has 0 radical (unpaired) electrons. The van der Waals surface area contributed by atoms with E-state index in [0.29, 0.717) is 25.4 Å². The minimum absolute atomic E-state index is 0.120. The molecule has 1 N–H and O–H groups in total. The van der Waals surface area contributed by atoms with Crippen LogP contribution in [-0.4, -0.2) is 44.1 Å². The molecule has 0 bridgehead atoms. The Hall–Kier alpha value is -1.59. The first-order valence-electron chi connectivity index (χ1n) is 7.85. The Morgan fingerprint density at radius 2 is 1.55 bits per heavy atom. The van der Waals surface area contributed by atoms with Gasteiger partial charge in [-0.2, -0.15) is 0 Å². The normalized spacial score (nSPS) is 10.6. The average molecular weight is 310 g/mol. The zero-order valence-corrected chi connectivity index (χ0v) is 13.3. The summed E-state index contributed by atoms with van der Waals surface area (Å²) in [6, 6.07) is 5.94. The van der Waals surface area contributed by atoms with Gasteiger partial charge in [0.2, 0.25) is 0 Å². The fraction of sp³-hybridized carbons (Fsp3) is 0.588. The zero-order valence-electron chi connectivity index (χ0n) is 13.3. The van der Waals surface area contributed by atoms with Gasteiger partial charge in [0, 0.05) is 6.61 Å². The van der Waals surface area contributed by atoms with E-state index < -0.39 is 5.97 Å². The smallest absolute Gasteiger partial charge is 0.338 e. The molecular formula is C17H26O5. The molecule has 1 aromatic carbocycles. The first-order valence-corrected chi connectivity index (χ1v) is 7.85. The van der Waals surface area contributed by atoms with Crippen molar-refractivity contribution >= 4 is 5.97 Å². The Kier molecular flexibility index (Phi) is 10.1. The van der Waals surface area contributed by atoms with E-state index in [9.17, 15) is 4.79 Å². The summed E-state index contributed by atoms with van der Waals surface area (Å²) < 4.78 is 15.8. The number of aromatic hydroxyl groups is 1. The molecule has 0 heterocycles. The van der Waals surface area contributed by atoms with Crippen LogP contribution in [0.2, 0.25) is 0 Å². The quantitative estimate of drug-likeness (QED) is 0.474. The van der Waals surface area contributed by atoms with E-state index in [4.69, 9.17) is 19.3 Å². The highest BCUT2D eigenvalue weighted by Crippen LogP contribution is 2.10.